The number of hydrogen-bond acceptors (Lipinski definition) is 1. The third kappa shape index (κ3) is 2.99. The van der Waals surface area contributed by atoms with Gasteiger partial charge in [0.05, 0.1) is 6.85 Å². The Hall–Kier alpha value is -1.11. The molecule has 0 unspecified atom stereocenters. The van der Waals surface area contributed by atoms with E-state index in [1.165, 1.54) is 6.92 Å². The lowest BCUT2D eigenvalue weighted by Gasteiger charge is -1.96. The third-order valence-corrected chi connectivity index (χ3v) is 1.01. The van der Waals surface area contributed by atoms with Crippen LogP contribution in [-0.2, 0) is 11.2 Å². The molecule has 0 aliphatic heterocycles. The van der Waals surface area contributed by atoms with E-state index in [0.717, 1.165) is 0 Å². The Morgan fingerprint density at radius 1 is 1.55 bits per heavy atom. The summed E-state index contributed by atoms with van der Waals surface area (Å²) in [6, 6.07) is -2.98. The van der Waals surface area contributed by atoms with E-state index in [1.807, 2.05) is 0 Å². The average Bonchev–Trinajstić information content (AvgIpc) is 2.21. The first-order valence-electron chi connectivity index (χ1n) is 6.66. The fraction of sp³-hybridized carbons (Fsp3) is 0.300. The minimum atomic E-state index is -2.28. The fourth-order valence-corrected chi connectivity index (χ4v) is 0.551. The lowest BCUT2D eigenvalue weighted by atomic mass is 10.1. The van der Waals surface area contributed by atoms with E-state index in [4.69, 9.17) is 9.60 Å². The smallest absolute Gasteiger partial charge is 0.130 e. The van der Waals surface area contributed by atoms with Gasteiger partial charge in [-0.1, -0.05) is 30.2 Å². The SMILES string of the molecule is [2H]c1c([2H])c([2H])c(C([2H])([2H])CC(C)=O)c([2H])c1[2H]. The molecule has 0 bridgehead atoms. The largest absolute Gasteiger partial charge is 0.300 e. The van der Waals surface area contributed by atoms with Crippen LogP contribution in [0.2, 0.25) is 0 Å². The molecular formula is C10H12O. The molecule has 1 aromatic rings. The molecule has 1 rings (SSSR count). The second kappa shape index (κ2) is 3.91. The quantitative estimate of drug-likeness (QED) is 0.654. The van der Waals surface area contributed by atoms with Crippen molar-refractivity contribution >= 4 is 5.78 Å². The highest BCUT2D eigenvalue weighted by Crippen LogP contribution is 2.01. The lowest BCUT2D eigenvalue weighted by Crippen LogP contribution is -1.92. The molecule has 1 nitrogen and oxygen atoms in total. The van der Waals surface area contributed by atoms with Crippen LogP contribution < -0.4 is 0 Å². The van der Waals surface area contributed by atoms with Gasteiger partial charge in [-0.2, -0.15) is 0 Å². The van der Waals surface area contributed by atoms with E-state index in [2.05, 4.69) is 0 Å². The number of carbonyl (C=O) groups excluding carboxylic acids is 1. The predicted molar refractivity (Wildman–Crippen MR) is 45.4 cm³/mol. The molecule has 0 atom stereocenters. The molecule has 58 valence electrons. The molecule has 0 aliphatic carbocycles. The average molecular weight is 155 g/mol. The summed E-state index contributed by atoms with van der Waals surface area (Å²) in [4.78, 5) is 11.0. The van der Waals surface area contributed by atoms with Crippen LogP contribution in [0.3, 0.4) is 0 Å². The van der Waals surface area contributed by atoms with Crippen LogP contribution in [0.4, 0.5) is 0 Å². The number of benzene rings is 1. The second-order valence-electron chi connectivity index (χ2n) is 2.06. The van der Waals surface area contributed by atoms with Gasteiger partial charge in [-0.05, 0) is 18.9 Å². The molecule has 0 N–H and O–H groups in total. The maximum Gasteiger partial charge on any atom is 0.130 e. The van der Waals surface area contributed by atoms with Crippen molar-refractivity contribution in [1.29, 1.82) is 0 Å². The summed E-state index contributed by atoms with van der Waals surface area (Å²) in [5.41, 5.74) is -0.469. The van der Waals surface area contributed by atoms with Gasteiger partial charge in [0.25, 0.3) is 0 Å². The zero-order chi connectivity index (χ0) is 14.2. The standard InChI is InChI=1S/C10H12O/c1-9(11)7-8-10-5-3-2-4-6-10/h2-6H,7-8H2,1H3/i2D,3D,4D,5D,6D,8D2. The molecule has 0 radical (unpaired) electrons. The molecule has 0 saturated heterocycles. The maximum absolute atomic E-state index is 11.0. The molecule has 11 heavy (non-hydrogen) atoms. The molecule has 1 heteroatoms. The van der Waals surface area contributed by atoms with Crippen molar-refractivity contribution in [3.05, 3.63) is 35.8 Å². The Morgan fingerprint density at radius 3 is 2.73 bits per heavy atom. The normalized spacial score (nSPS) is 19.9. The van der Waals surface area contributed by atoms with Gasteiger partial charge in [0.2, 0.25) is 0 Å². The minimum absolute atomic E-state index is 0.452. The topological polar surface area (TPSA) is 17.1 Å². The van der Waals surface area contributed by atoms with Crippen LogP contribution >= 0.6 is 0 Å². The number of carbonyl (C=O) groups is 1. The van der Waals surface area contributed by atoms with Gasteiger partial charge >= 0.3 is 0 Å². The summed E-state index contributed by atoms with van der Waals surface area (Å²) in [5.74, 6) is -0.452. The third-order valence-electron chi connectivity index (χ3n) is 1.01. The molecule has 0 spiro atoms. The monoisotopic (exact) mass is 155 g/mol. The van der Waals surface area contributed by atoms with Gasteiger partial charge in [0.1, 0.15) is 5.78 Å². The maximum atomic E-state index is 11.0. The number of hydrogen-bond donors (Lipinski definition) is 0. The van der Waals surface area contributed by atoms with Gasteiger partial charge in [0.15, 0.2) is 0 Å². The van der Waals surface area contributed by atoms with Gasteiger partial charge < -0.3 is 4.79 Å². The second-order valence-corrected chi connectivity index (χ2v) is 2.06. The Labute approximate surface area is 76.9 Å². The zero-order valence-electron chi connectivity index (χ0n) is 13.1. The van der Waals surface area contributed by atoms with Crippen molar-refractivity contribution < 1.29 is 14.4 Å². The van der Waals surface area contributed by atoms with Gasteiger partial charge in [-0.3, -0.25) is 0 Å². The minimum Gasteiger partial charge on any atom is -0.300 e. The molecule has 0 amide bonds. The van der Waals surface area contributed by atoms with E-state index < -0.39 is 54.4 Å². The Bertz CT molecular complexity index is 480. The summed E-state index contributed by atoms with van der Waals surface area (Å²) >= 11 is 0. The van der Waals surface area contributed by atoms with Crippen LogP contribution in [0.5, 0.6) is 0 Å². The first-order valence-corrected chi connectivity index (χ1v) is 3.16. The Kier molecular flexibility index (Phi) is 0.975. The molecular weight excluding hydrogens is 136 g/mol. The van der Waals surface area contributed by atoms with E-state index in [1.54, 1.807) is 0 Å². The highest BCUT2D eigenvalue weighted by molar-refractivity contribution is 5.75. The van der Waals surface area contributed by atoms with Crippen molar-refractivity contribution in [1.82, 2.24) is 0 Å². The zero-order valence-corrected chi connectivity index (χ0v) is 6.12. The highest BCUT2D eigenvalue weighted by Gasteiger charge is 1.94. The summed E-state index contributed by atoms with van der Waals surface area (Å²) in [6.07, 6.45) is -2.81. The highest BCUT2D eigenvalue weighted by atomic mass is 16.1. The van der Waals surface area contributed by atoms with Crippen molar-refractivity contribution in [2.75, 3.05) is 0 Å². The van der Waals surface area contributed by atoms with Crippen molar-refractivity contribution in [2.45, 2.75) is 19.7 Å². The van der Waals surface area contributed by atoms with E-state index in [-0.39, 0.29) is 0 Å². The predicted octanol–water partition coefficient (Wildman–Crippen LogP) is 2.21. The van der Waals surface area contributed by atoms with Crippen LogP contribution in [0.15, 0.2) is 30.2 Å². The Balaban J connectivity index is 3.55. The first-order chi connectivity index (χ1) is 8.09. The van der Waals surface area contributed by atoms with Crippen molar-refractivity contribution in [2.24, 2.45) is 0 Å². The van der Waals surface area contributed by atoms with E-state index >= 15 is 0 Å². The van der Waals surface area contributed by atoms with Gasteiger partial charge in [0, 0.05) is 9.16 Å². The molecule has 0 aromatic heterocycles. The molecule has 0 saturated carbocycles. The lowest BCUT2D eigenvalue weighted by molar-refractivity contribution is -0.116. The molecule has 1 aromatic carbocycles. The molecule has 0 aliphatic rings. The van der Waals surface area contributed by atoms with Crippen LogP contribution in [0.1, 0.15) is 28.5 Å². The Morgan fingerprint density at radius 2 is 2.18 bits per heavy atom. The fourth-order valence-electron chi connectivity index (χ4n) is 0.551. The molecule has 0 fully saturated rings. The van der Waals surface area contributed by atoms with E-state index in [9.17, 15) is 4.79 Å². The number of Topliss-reactive ketones (excluding diaryl/α,β-unsaturated/α-hetero) is 1. The van der Waals surface area contributed by atoms with E-state index in [0.29, 0.717) is 0 Å². The van der Waals surface area contributed by atoms with Gasteiger partial charge in [-0.15, -0.1) is 0 Å². The number of rotatable bonds is 3. The van der Waals surface area contributed by atoms with Crippen molar-refractivity contribution in [3.8, 4) is 0 Å². The first kappa shape index (κ1) is 2.74. The van der Waals surface area contributed by atoms with Crippen LogP contribution in [0, 0.1) is 0 Å². The van der Waals surface area contributed by atoms with Crippen LogP contribution in [0.25, 0.3) is 0 Å². The van der Waals surface area contributed by atoms with Gasteiger partial charge in [-0.25, -0.2) is 0 Å². The summed E-state index contributed by atoms with van der Waals surface area (Å²) in [5, 5.41) is 0. The summed E-state index contributed by atoms with van der Waals surface area (Å²) in [7, 11) is 0. The number of ketones is 1. The summed E-state index contributed by atoms with van der Waals surface area (Å²) < 4.78 is 52.9. The van der Waals surface area contributed by atoms with Crippen LogP contribution in [-0.4, -0.2) is 5.78 Å². The molecule has 0 heterocycles. The summed E-state index contributed by atoms with van der Waals surface area (Å²) in [6.45, 7) is 1.19. The van der Waals surface area contributed by atoms with Crippen molar-refractivity contribution in [3.63, 3.8) is 0 Å².